The maximum Gasteiger partial charge on any atom is 0.408 e. The van der Waals surface area contributed by atoms with Crippen LogP contribution >= 0.6 is 0 Å². The first-order valence-corrected chi connectivity index (χ1v) is 11.2. The second kappa shape index (κ2) is 7.71. The van der Waals surface area contributed by atoms with E-state index >= 15 is 0 Å². The van der Waals surface area contributed by atoms with E-state index in [0.29, 0.717) is 25.7 Å². The van der Waals surface area contributed by atoms with Crippen LogP contribution in [0.4, 0.5) is 4.79 Å². The third-order valence-electron chi connectivity index (χ3n) is 8.64. The molecule has 4 aliphatic carbocycles. The smallest absolute Gasteiger partial charge is 0.408 e. The largest absolute Gasteiger partial charge is 0.479 e. The minimum absolute atomic E-state index is 0.0509. The predicted octanol–water partition coefficient (Wildman–Crippen LogP) is 2.33. The number of hydrogen-bond donors (Lipinski definition) is 3. The van der Waals surface area contributed by atoms with Crippen LogP contribution in [-0.4, -0.2) is 52.0 Å². The number of nitrogens with one attached hydrogen (secondary N) is 1. The molecule has 3 unspecified atom stereocenters. The highest BCUT2D eigenvalue weighted by Crippen LogP contribution is 2.63. The third-order valence-corrected chi connectivity index (χ3v) is 8.64. The summed E-state index contributed by atoms with van der Waals surface area (Å²) in [6, 6.07) is -2.08. The number of carbonyl (C=O) groups is 5. The number of amides is 1. The number of ether oxygens (including phenoxy) is 1. The standard InChI is InChI=1S/C23H29NO8/c1-22-7-5-12(32-21(31)24-18(19(27)28)20(29)30)9-11(22)10-15(25)17-13-3-4-16(26)23(13,2)8-6-14(17)22/h10,12-14,17-18H,3-9H2,1-2H3,(H,24,31)(H,27,28)(H,29,30)/t12-,13?,14?,17?,22-,23-/m0/s1. The van der Waals surface area contributed by atoms with Gasteiger partial charge in [0, 0.05) is 24.2 Å². The van der Waals surface area contributed by atoms with Crippen LogP contribution < -0.4 is 5.32 Å². The molecule has 9 heteroatoms. The van der Waals surface area contributed by atoms with Gasteiger partial charge < -0.3 is 14.9 Å². The minimum atomic E-state index is -2.08. The molecule has 0 aliphatic heterocycles. The summed E-state index contributed by atoms with van der Waals surface area (Å²) in [6.45, 7) is 4.17. The molecule has 0 spiro atoms. The maximum atomic E-state index is 13.2. The van der Waals surface area contributed by atoms with Crippen LogP contribution in [-0.2, 0) is 23.9 Å². The van der Waals surface area contributed by atoms with Gasteiger partial charge in [0.15, 0.2) is 5.78 Å². The normalized spacial score (nSPS) is 38.3. The molecule has 4 aliphatic rings. The van der Waals surface area contributed by atoms with Crippen molar-refractivity contribution in [1.29, 1.82) is 0 Å². The monoisotopic (exact) mass is 447 g/mol. The number of carbonyl (C=O) groups excluding carboxylic acids is 3. The minimum Gasteiger partial charge on any atom is -0.479 e. The zero-order valence-electron chi connectivity index (χ0n) is 18.3. The number of rotatable bonds is 4. The number of carboxylic acid groups (broad SMARTS) is 2. The SMILES string of the molecule is C[C@]12CC[C@H](OC(=O)NC(C(=O)O)C(=O)O)CC1=CC(=O)C1C2CC[C@]2(C)C(=O)CCC12. The van der Waals surface area contributed by atoms with E-state index in [0.717, 1.165) is 24.8 Å². The van der Waals surface area contributed by atoms with Crippen molar-refractivity contribution in [2.24, 2.45) is 28.6 Å². The topological polar surface area (TPSA) is 147 Å². The Morgan fingerprint density at radius 3 is 2.31 bits per heavy atom. The Morgan fingerprint density at radius 2 is 1.66 bits per heavy atom. The molecule has 3 fully saturated rings. The highest BCUT2D eigenvalue weighted by atomic mass is 16.6. The molecule has 0 radical (unpaired) electrons. The van der Waals surface area contributed by atoms with E-state index < -0.39 is 35.6 Å². The summed E-state index contributed by atoms with van der Waals surface area (Å²) >= 11 is 0. The summed E-state index contributed by atoms with van der Waals surface area (Å²) in [7, 11) is 0. The number of Topliss-reactive ketones (excluding diaryl/α,β-unsaturated/α-hetero) is 1. The fourth-order valence-electron chi connectivity index (χ4n) is 6.78. The van der Waals surface area contributed by atoms with Crippen LogP contribution in [0.1, 0.15) is 58.8 Å². The number of allylic oxidation sites excluding steroid dienone is 1. The first kappa shape index (κ1) is 22.5. The van der Waals surface area contributed by atoms with Gasteiger partial charge in [-0.1, -0.05) is 19.4 Å². The zero-order valence-corrected chi connectivity index (χ0v) is 18.3. The van der Waals surface area contributed by atoms with Crippen molar-refractivity contribution in [3.05, 3.63) is 11.6 Å². The average Bonchev–Trinajstić information content (AvgIpc) is 3.01. The van der Waals surface area contributed by atoms with Gasteiger partial charge in [-0.3, -0.25) is 14.9 Å². The molecule has 174 valence electrons. The molecule has 6 atom stereocenters. The van der Waals surface area contributed by atoms with Gasteiger partial charge >= 0.3 is 18.0 Å². The van der Waals surface area contributed by atoms with Crippen LogP contribution in [0.5, 0.6) is 0 Å². The summed E-state index contributed by atoms with van der Waals surface area (Å²) in [5.41, 5.74) is 0.308. The number of carboxylic acids is 2. The number of aliphatic carboxylic acids is 2. The molecule has 0 aromatic heterocycles. The zero-order chi connectivity index (χ0) is 23.4. The van der Waals surface area contributed by atoms with Gasteiger partial charge in [-0.15, -0.1) is 0 Å². The Morgan fingerprint density at radius 1 is 1.03 bits per heavy atom. The number of ketones is 2. The third kappa shape index (κ3) is 3.42. The van der Waals surface area contributed by atoms with Gasteiger partial charge in [0.1, 0.15) is 11.9 Å². The quantitative estimate of drug-likeness (QED) is 0.556. The Hall–Kier alpha value is -2.71. The van der Waals surface area contributed by atoms with E-state index in [-0.39, 0.29) is 34.7 Å². The molecule has 1 amide bonds. The van der Waals surface area contributed by atoms with Crippen molar-refractivity contribution in [3.63, 3.8) is 0 Å². The van der Waals surface area contributed by atoms with Crippen LogP contribution in [0, 0.1) is 28.6 Å². The highest BCUT2D eigenvalue weighted by molar-refractivity contribution is 6.00. The van der Waals surface area contributed by atoms with Gasteiger partial charge in [0.05, 0.1) is 0 Å². The summed E-state index contributed by atoms with van der Waals surface area (Å²) in [4.78, 5) is 59.7. The van der Waals surface area contributed by atoms with E-state index in [1.807, 2.05) is 12.2 Å². The highest BCUT2D eigenvalue weighted by Gasteiger charge is 2.61. The molecule has 0 aromatic rings. The fraction of sp³-hybridized carbons (Fsp3) is 0.696. The Labute approximate surface area is 185 Å². The van der Waals surface area contributed by atoms with Crippen LogP contribution in [0.25, 0.3) is 0 Å². The molecule has 3 N–H and O–H groups in total. The molecule has 0 heterocycles. The fourth-order valence-corrected chi connectivity index (χ4v) is 6.78. The summed E-state index contributed by atoms with van der Waals surface area (Å²) in [5, 5.41) is 19.7. The van der Waals surface area contributed by atoms with Crippen molar-refractivity contribution in [2.75, 3.05) is 0 Å². The van der Waals surface area contributed by atoms with E-state index in [1.54, 1.807) is 6.08 Å². The van der Waals surface area contributed by atoms with Crippen molar-refractivity contribution in [2.45, 2.75) is 70.9 Å². The Kier molecular flexibility index (Phi) is 5.41. The van der Waals surface area contributed by atoms with Crippen molar-refractivity contribution in [3.8, 4) is 0 Å². The molecule has 0 saturated heterocycles. The Bertz CT molecular complexity index is 911. The summed E-state index contributed by atoms with van der Waals surface area (Å²) in [5.74, 6) is -2.97. The summed E-state index contributed by atoms with van der Waals surface area (Å²) in [6.07, 6.45) is 4.51. The van der Waals surface area contributed by atoms with Crippen LogP contribution in [0.2, 0.25) is 0 Å². The summed E-state index contributed by atoms with van der Waals surface area (Å²) < 4.78 is 5.31. The number of alkyl carbamates (subject to hydrolysis) is 1. The lowest BCUT2D eigenvalue weighted by Gasteiger charge is -2.55. The van der Waals surface area contributed by atoms with E-state index in [2.05, 4.69) is 6.92 Å². The first-order chi connectivity index (χ1) is 15.0. The molecule has 32 heavy (non-hydrogen) atoms. The van der Waals surface area contributed by atoms with Crippen molar-refractivity contribution >= 4 is 29.6 Å². The van der Waals surface area contributed by atoms with E-state index in [9.17, 15) is 24.0 Å². The Balaban J connectivity index is 1.49. The molecule has 0 bridgehead atoms. The van der Waals surface area contributed by atoms with Gasteiger partial charge in [-0.05, 0) is 55.4 Å². The van der Waals surface area contributed by atoms with Crippen LogP contribution in [0.3, 0.4) is 0 Å². The van der Waals surface area contributed by atoms with Gasteiger partial charge in [-0.2, -0.15) is 0 Å². The maximum absolute atomic E-state index is 13.2. The molecule has 0 aromatic carbocycles. The van der Waals surface area contributed by atoms with Gasteiger partial charge in [0.2, 0.25) is 6.04 Å². The molecular weight excluding hydrogens is 418 g/mol. The molecular formula is C23H29NO8. The number of fused-ring (bicyclic) bond motifs is 5. The van der Waals surface area contributed by atoms with E-state index in [4.69, 9.17) is 14.9 Å². The molecule has 4 rings (SSSR count). The molecule has 9 nitrogen and oxygen atoms in total. The first-order valence-electron chi connectivity index (χ1n) is 11.2. The second-order valence-electron chi connectivity index (χ2n) is 10.2. The average molecular weight is 447 g/mol. The second-order valence-corrected chi connectivity index (χ2v) is 10.2. The lowest BCUT2D eigenvalue weighted by atomic mass is 9.48. The number of hydrogen-bond acceptors (Lipinski definition) is 6. The van der Waals surface area contributed by atoms with Gasteiger partial charge in [0.25, 0.3) is 0 Å². The molecule has 3 saturated carbocycles. The lowest BCUT2D eigenvalue weighted by molar-refractivity contribution is -0.151. The van der Waals surface area contributed by atoms with Crippen molar-refractivity contribution < 1.29 is 38.9 Å². The predicted molar refractivity (Wildman–Crippen MR) is 110 cm³/mol. The van der Waals surface area contributed by atoms with Crippen LogP contribution in [0.15, 0.2) is 11.6 Å². The van der Waals surface area contributed by atoms with Gasteiger partial charge in [-0.25, -0.2) is 14.4 Å². The van der Waals surface area contributed by atoms with E-state index in [1.165, 1.54) is 0 Å². The lowest BCUT2D eigenvalue weighted by Crippen LogP contribution is -2.54. The van der Waals surface area contributed by atoms with Crippen molar-refractivity contribution in [1.82, 2.24) is 5.32 Å².